The lowest BCUT2D eigenvalue weighted by atomic mass is 10.2. The normalized spacial score (nSPS) is 10.2. The molecular formula is C13H16N4O2. The highest BCUT2D eigenvalue weighted by Crippen LogP contribution is 2.19. The van der Waals surface area contributed by atoms with E-state index in [0.29, 0.717) is 5.69 Å². The molecule has 0 fully saturated rings. The number of anilines is 1. The molecule has 19 heavy (non-hydrogen) atoms. The molecule has 1 aromatic heterocycles. The van der Waals surface area contributed by atoms with Crippen molar-refractivity contribution in [3.8, 4) is 5.69 Å². The van der Waals surface area contributed by atoms with Crippen molar-refractivity contribution in [1.29, 1.82) is 0 Å². The molecule has 0 radical (unpaired) electrons. The Kier molecular flexibility index (Phi) is 4.15. The summed E-state index contributed by atoms with van der Waals surface area (Å²) in [4.78, 5) is 11.6. The molecule has 1 heterocycles. The Balaban J connectivity index is 2.16. The standard InChI is InChI=1S/C13H16N4O2/c1-10-3-4-11(17-7-2-5-15-17)9-12(10)16-13(19)14-6-8-18/h2-5,7,9,18H,6,8H2,1H3,(H2,14,16,19). The van der Waals surface area contributed by atoms with Gasteiger partial charge >= 0.3 is 6.03 Å². The van der Waals surface area contributed by atoms with Crippen molar-refractivity contribution >= 4 is 11.7 Å². The van der Waals surface area contributed by atoms with Crippen molar-refractivity contribution in [3.63, 3.8) is 0 Å². The van der Waals surface area contributed by atoms with Gasteiger partial charge < -0.3 is 15.7 Å². The van der Waals surface area contributed by atoms with E-state index in [1.807, 2.05) is 37.4 Å². The highest BCUT2D eigenvalue weighted by Gasteiger charge is 2.06. The fourth-order valence-corrected chi connectivity index (χ4v) is 1.64. The van der Waals surface area contributed by atoms with Gasteiger partial charge in [0.1, 0.15) is 0 Å². The summed E-state index contributed by atoms with van der Waals surface area (Å²) >= 11 is 0. The number of amides is 2. The first-order chi connectivity index (χ1) is 9.20. The summed E-state index contributed by atoms with van der Waals surface area (Å²) in [6.07, 6.45) is 3.53. The Hall–Kier alpha value is -2.34. The highest BCUT2D eigenvalue weighted by atomic mass is 16.3. The van der Waals surface area contributed by atoms with Gasteiger partial charge in [0.2, 0.25) is 0 Å². The lowest BCUT2D eigenvalue weighted by molar-refractivity contribution is 0.245. The number of aliphatic hydroxyl groups excluding tert-OH is 1. The Labute approximate surface area is 111 Å². The predicted octanol–water partition coefficient (Wildman–Crippen LogP) is 1.29. The minimum atomic E-state index is -0.338. The number of benzene rings is 1. The second-order valence-corrected chi connectivity index (χ2v) is 4.05. The third-order valence-electron chi connectivity index (χ3n) is 2.64. The van der Waals surface area contributed by atoms with Crippen LogP contribution >= 0.6 is 0 Å². The fourth-order valence-electron chi connectivity index (χ4n) is 1.64. The summed E-state index contributed by atoms with van der Waals surface area (Å²) < 4.78 is 1.72. The largest absolute Gasteiger partial charge is 0.395 e. The van der Waals surface area contributed by atoms with Gasteiger partial charge in [-0.1, -0.05) is 6.07 Å². The first kappa shape index (κ1) is 13.1. The van der Waals surface area contributed by atoms with Crippen LogP contribution in [0, 0.1) is 6.92 Å². The van der Waals surface area contributed by atoms with E-state index in [-0.39, 0.29) is 19.2 Å². The van der Waals surface area contributed by atoms with Crippen molar-refractivity contribution in [2.45, 2.75) is 6.92 Å². The van der Waals surface area contributed by atoms with Gasteiger partial charge in [-0.15, -0.1) is 0 Å². The van der Waals surface area contributed by atoms with Crippen LogP contribution < -0.4 is 10.6 Å². The van der Waals surface area contributed by atoms with E-state index in [9.17, 15) is 4.79 Å². The molecule has 0 saturated heterocycles. The molecule has 0 aliphatic carbocycles. The summed E-state index contributed by atoms with van der Waals surface area (Å²) in [5.74, 6) is 0. The molecule has 2 aromatic rings. The first-order valence-corrected chi connectivity index (χ1v) is 5.97. The number of hydrogen-bond acceptors (Lipinski definition) is 3. The zero-order valence-electron chi connectivity index (χ0n) is 10.6. The molecule has 0 aliphatic heterocycles. The average molecular weight is 260 g/mol. The lowest BCUT2D eigenvalue weighted by Gasteiger charge is -2.11. The Morgan fingerprint density at radius 1 is 1.47 bits per heavy atom. The summed E-state index contributed by atoms with van der Waals surface area (Å²) in [5.41, 5.74) is 2.53. The molecule has 100 valence electrons. The van der Waals surface area contributed by atoms with Gasteiger partial charge in [0.15, 0.2) is 0 Å². The lowest BCUT2D eigenvalue weighted by Crippen LogP contribution is -2.31. The molecule has 0 aliphatic rings. The number of rotatable bonds is 4. The van der Waals surface area contributed by atoms with E-state index in [0.717, 1.165) is 11.3 Å². The molecular weight excluding hydrogens is 244 g/mol. The molecule has 6 nitrogen and oxygen atoms in total. The zero-order chi connectivity index (χ0) is 13.7. The van der Waals surface area contributed by atoms with E-state index in [4.69, 9.17) is 5.11 Å². The van der Waals surface area contributed by atoms with Gasteiger partial charge in [-0.25, -0.2) is 9.48 Å². The Bertz CT molecular complexity index is 552. The van der Waals surface area contributed by atoms with E-state index < -0.39 is 0 Å². The molecule has 0 unspecified atom stereocenters. The van der Waals surface area contributed by atoms with Gasteiger partial charge in [-0.05, 0) is 30.7 Å². The van der Waals surface area contributed by atoms with Crippen molar-refractivity contribution in [2.75, 3.05) is 18.5 Å². The zero-order valence-corrected chi connectivity index (χ0v) is 10.6. The summed E-state index contributed by atoms with van der Waals surface area (Å²) in [6.45, 7) is 2.05. The predicted molar refractivity (Wildman–Crippen MR) is 72.4 cm³/mol. The Morgan fingerprint density at radius 3 is 3.00 bits per heavy atom. The minimum absolute atomic E-state index is 0.0836. The van der Waals surface area contributed by atoms with Gasteiger partial charge in [-0.2, -0.15) is 5.10 Å². The number of urea groups is 1. The van der Waals surface area contributed by atoms with Crippen LogP contribution in [0.5, 0.6) is 0 Å². The number of aliphatic hydroxyl groups is 1. The van der Waals surface area contributed by atoms with Crippen molar-refractivity contribution in [1.82, 2.24) is 15.1 Å². The molecule has 6 heteroatoms. The van der Waals surface area contributed by atoms with E-state index in [2.05, 4.69) is 15.7 Å². The quantitative estimate of drug-likeness (QED) is 0.775. The van der Waals surface area contributed by atoms with Crippen LogP contribution in [0.25, 0.3) is 5.69 Å². The van der Waals surface area contributed by atoms with Crippen LogP contribution in [0.4, 0.5) is 10.5 Å². The van der Waals surface area contributed by atoms with Crippen LogP contribution in [0.2, 0.25) is 0 Å². The molecule has 2 rings (SSSR count). The number of aromatic nitrogens is 2. The number of nitrogens with zero attached hydrogens (tertiary/aromatic N) is 2. The van der Waals surface area contributed by atoms with Gasteiger partial charge in [0, 0.05) is 24.6 Å². The van der Waals surface area contributed by atoms with Gasteiger partial charge in [0.25, 0.3) is 0 Å². The van der Waals surface area contributed by atoms with E-state index >= 15 is 0 Å². The highest BCUT2D eigenvalue weighted by molar-refractivity contribution is 5.90. The van der Waals surface area contributed by atoms with Crippen molar-refractivity contribution in [2.24, 2.45) is 0 Å². The van der Waals surface area contributed by atoms with Crippen LogP contribution in [0.15, 0.2) is 36.7 Å². The smallest absolute Gasteiger partial charge is 0.319 e. The molecule has 2 amide bonds. The molecule has 0 spiro atoms. The molecule has 0 saturated carbocycles. The Morgan fingerprint density at radius 2 is 2.32 bits per heavy atom. The average Bonchev–Trinajstić information content (AvgIpc) is 2.93. The maximum Gasteiger partial charge on any atom is 0.319 e. The molecule has 0 bridgehead atoms. The summed E-state index contributed by atoms with van der Waals surface area (Å²) in [6, 6.07) is 7.19. The number of aryl methyl sites for hydroxylation is 1. The third-order valence-corrected chi connectivity index (χ3v) is 2.64. The second-order valence-electron chi connectivity index (χ2n) is 4.05. The van der Waals surface area contributed by atoms with E-state index in [1.165, 1.54) is 0 Å². The SMILES string of the molecule is Cc1ccc(-n2cccn2)cc1NC(=O)NCCO. The number of carbonyl (C=O) groups excluding carboxylic acids is 1. The van der Waals surface area contributed by atoms with Crippen LogP contribution in [-0.2, 0) is 0 Å². The molecule has 1 aromatic carbocycles. The topological polar surface area (TPSA) is 79.2 Å². The van der Waals surface area contributed by atoms with Crippen LogP contribution in [-0.4, -0.2) is 34.1 Å². The maximum atomic E-state index is 11.6. The molecule has 0 atom stereocenters. The fraction of sp³-hybridized carbons (Fsp3) is 0.231. The minimum Gasteiger partial charge on any atom is -0.395 e. The van der Waals surface area contributed by atoms with Gasteiger partial charge in [-0.3, -0.25) is 0 Å². The van der Waals surface area contributed by atoms with Crippen LogP contribution in [0.1, 0.15) is 5.56 Å². The number of nitrogens with one attached hydrogen (secondary N) is 2. The van der Waals surface area contributed by atoms with E-state index in [1.54, 1.807) is 10.9 Å². The van der Waals surface area contributed by atoms with Gasteiger partial charge in [0.05, 0.1) is 12.3 Å². The van der Waals surface area contributed by atoms with Crippen molar-refractivity contribution in [3.05, 3.63) is 42.2 Å². The second kappa shape index (κ2) is 6.01. The maximum absolute atomic E-state index is 11.6. The number of carbonyl (C=O) groups is 1. The van der Waals surface area contributed by atoms with Crippen LogP contribution in [0.3, 0.4) is 0 Å². The monoisotopic (exact) mass is 260 g/mol. The number of hydrogen-bond donors (Lipinski definition) is 3. The summed E-state index contributed by atoms with van der Waals surface area (Å²) in [5, 5.41) is 18.1. The third kappa shape index (κ3) is 3.32. The molecule has 3 N–H and O–H groups in total. The summed E-state index contributed by atoms with van der Waals surface area (Å²) in [7, 11) is 0. The first-order valence-electron chi connectivity index (χ1n) is 5.97. The van der Waals surface area contributed by atoms with Crippen molar-refractivity contribution < 1.29 is 9.90 Å².